The normalized spacial score (nSPS) is 11.8. The second kappa shape index (κ2) is 22.1. The van der Waals surface area contributed by atoms with Gasteiger partial charge in [0.2, 0.25) is 23.3 Å². The molecular weight excluding hydrogens is 1340 g/mol. The molecule has 0 unspecified atom stereocenters. The molecule has 0 saturated heterocycles. The van der Waals surface area contributed by atoms with E-state index in [1.165, 1.54) is 0 Å². The van der Waals surface area contributed by atoms with Crippen LogP contribution >= 0.6 is 0 Å². The summed E-state index contributed by atoms with van der Waals surface area (Å²) in [4.78, 5) is 5.18. The van der Waals surface area contributed by atoms with E-state index in [-0.39, 0.29) is 0 Å². The van der Waals surface area contributed by atoms with E-state index < -0.39 is 299 Å². The first-order valence-corrected chi connectivity index (χ1v) is 22.2. The van der Waals surface area contributed by atoms with E-state index in [4.69, 9.17) is 0 Å². The van der Waals surface area contributed by atoms with Crippen molar-refractivity contribution in [2.45, 2.75) is 0 Å². The molecule has 0 atom stereocenters. The SMILES string of the molecule is Fc1c(F)c(F)c(-c2c(F)c(F)c(-c3nc(-c4c(F)c(F)c(-c5c(F)c(F)c(F)c(F)c5F)c(F)c4F)c(-c4c(F)c(F)c(-c5c(F)c(F)c(F)c(F)c5F)c(F)c4F)nc3-c3c(F)c(F)c(-c4c(F)c(F)c(F)c(F)c4F)c(F)c3F)c(F)c2F)c(F)c1F. The van der Waals surface area contributed by atoms with E-state index in [1.807, 2.05) is 0 Å². The van der Waals surface area contributed by atoms with Gasteiger partial charge in [-0.3, -0.25) is 0 Å². The second-order valence-electron chi connectivity index (χ2n) is 17.4. The molecule has 1 heterocycles. The molecule has 0 radical (unpaired) electrons. The summed E-state index contributed by atoms with van der Waals surface area (Å²) in [6, 6.07) is 0. The number of halogens is 36. The Morgan fingerprint density at radius 2 is 0.156 bits per heavy atom. The lowest BCUT2D eigenvalue weighted by Crippen LogP contribution is -2.15. The van der Waals surface area contributed by atoms with Gasteiger partial charge >= 0.3 is 0 Å². The number of hydrogen-bond acceptors (Lipinski definition) is 2. The molecule has 470 valence electrons. The van der Waals surface area contributed by atoms with Crippen LogP contribution in [0.3, 0.4) is 0 Å². The van der Waals surface area contributed by atoms with E-state index >= 15 is 105 Å². The highest BCUT2D eigenvalue weighted by Crippen LogP contribution is 2.51. The van der Waals surface area contributed by atoms with Gasteiger partial charge in [-0.25, -0.2) is 168 Å². The first-order chi connectivity index (χ1) is 41.8. The van der Waals surface area contributed by atoms with Gasteiger partial charge in [-0.15, -0.1) is 0 Å². The van der Waals surface area contributed by atoms with Gasteiger partial charge in [0, 0.05) is 0 Å². The molecule has 0 saturated carbocycles. The molecule has 0 aliphatic carbocycles. The fourth-order valence-electron chi connectivity index (χ4n) is 8.67. The van der Waals surface area contributed by atoms with Crippen molar-refractivity contribution in [1.82, 2.24) is 9.97 Å². The van der Waals surface area contributed by atoms with Crippen molar-refractivity contribution < 1.29 is 158 Å². The van der Waals surface area contributed by atoms with Crippen LogP contribution in [-0.4, -0.2) is 9.97 Å². The van der Waals surface area contributed by atoms with Crippen molar-refractivity contribution in [3.05, 3.63) is 209 Å². The molecule has 38 heteroatoms. The van der Waals surface area contributed by atoms with Gasteiger partial charge < -0.3 is 0 Å². The number of benzene rings is 8. The first-order valence-electron chi connectivity index (χ1n) is 22.2. The fourth-order valence-corrected chi connectivity index (χ4v) is 8.67. The minimum Gasteiger partial charge on any atom is -0.243 e. The van der Waals surface area contributed by atoms with Gasteiger partial charge in [-0.2, -0.15) is 0 Å². The Bertz CT molecular complexity index is 3960. The molecule has 0 aliphatic rings. The Morgan fingerprint density at radius 1 is 0.0889 bits per heavy atom. The van der Waals surface area contributed by atoms with Crippen molar-refractivity contribution in [2.24, 2.45) is 0 Å². The molecule has 1 aromatic heterocycles. The molecule has 2 nitrogen and oxygen atoms in total. The topological polar surface area (TPSA) is 25.8 Å². The average molecular weight is 1340 g/mol. The highest BCUT2D eigenvalue weighted by molar-refractivity contribution is 5.90. The first kappa shape index (κ1) is 64.8. The van der Waals surface area contributed by atoms with Crippen molar-refractivity contribution in [1.29, 1.82) is 0 Å². The maximum absolute atomic E-state index is 16.7. The Hall–Kier alpha value is -9.68. The van der Waals surface area contributed by atoms with Crippen LogP contribution in [0.25, 0.3) is 89.5 Å². The summed E-state index contributed by atoms with van der Waals surface area (Å²) in [7, 11) is 0. The summed E-state index contributed by atoms with van der Waals surface area (Å²) in [6.07, 6.45) is 0. The number of aromatic nitrogens is 2. The summed E-state index contributed by atoms with van der Waals surface area (Å²) in [5.74, 6) is -127. The van der Waals surface area contributed by atoms with Crippen LogP contribution in [0.15, 0.2) is 0 Å². The van der Waals surface area contributed by atoms with E-state index in [0.717, 1.165) is 0 Å². The van der Waals surface area contributed by atoms with E-state index in [9.17, 15) is 52.7 Å². The van der Waals surface area contributed by atoms with Crippen LogP contribution in [0.2, 0.25) is 0 Å². The van der Waals surface area contributed by atoms with Gasteiger partial charge in [0.1, 0.15) is 22.8 Å². The van der Waals surface area contributed by atoms with Crippen LogP contribution in [0.5, 0.6) is 0 Å². The van der Waals surface area contributed by atoms with Crippen LogP contribution < -0.4 is 0 Å². The maximum atomic E-state index is 16.7. The average Bonchev–Trinajstić information content (AvgIpc) is 0.726. The highest BCUT2D eigenvalue weighted by Gasteiger charge is 2.44. The molecule has 0 aliphatic heterocycles. The fraction of sp³-hybridized carbons (Fsp3) is 0. The lowest BCUT2D eigenvalue weighted by Gasteiger charge is -2.21. The van der Waals surface area contributed by atoms with Crippen molar-refractivity contribution in [3.8, 4) is 89.5 Å². The minimum absolute atomic E-state index is 2.59. The second-order valence-corrected chi connectivity index (χ2v) is 17.4. The quantitative estimate of drug-likeness (QED) is 0.0861. The highest BCUT2D eigenvalue weighted by atomic mass is 19.2. The van der Waals surface area contributed by atoms with Gasteiger partial charge in [0.25, 0.3) is 0 Å². The molecule has 0 fully saturated rings. The number of hydrogen-bond donors (Lipinski definition) is 0. The van der Waals surface area contributed by atoms with Gasteiger partial charge in [0.15, 0.2) is 186 Å². The molecule has 0 N–H and O–H groups in total. The third-order valence-electron chi connectivity index (χ3n) is 12.7. The predicted octanol–water partition coefficient (Wildman–Crippen LogP) is 18.8. The molecule has 0 bridgehead atoms. The summed E-state index contributed by atoms with van der Waals surface area (Å²) in [5, 5.41) is 0. The largest absolute Gasteiger partial charge is 0.243 e. The summed E-state index contributed by atoms with van der Waals surface area (Å²) < 4.78 is 555. The van der Waals surface area contributed by atoms with Crippen LogP contribution in [0.4, 0.5) is 158 Å². The molecule has 0 spiro atoms. The zero-order valence-corrected chi connectivity index (χ0v) is 40.5. The third-order valence-corrected chi connectivity index (χ3v) is 12.7. The molecule has 90 heavy (non-hydrogen) atoms. The summed E-state index contributed by atoms with van der Waals surface area (Å²) >= 11 is 0. The molecule has 0 amide bonds. The van der Waals surface area contributed by atoms with Gasteiger partial charge in [-0.05, 0) is 0 Å². The molecule has 8 aromatic carbocycles. The third kappa shape index (κ3) is 8.83. The minimum atomic E-state index is -3.80. The smallest absolute Gasteiger partial charge is 0.200 e. The van der Waals surface area contributed by atoms with Gasteiger partial charge in [-0.1, -0.05) is 0 Å². The van der Waals surface area contributed by atoms with Gasteiger partial charge in [0.05, 0.1) is 66.8 Å². The number of rotatable bonds is 8. The number of nitrogens with zero attached hydrogens (tertiary/aromatic N) is 2. The van der Waals surface area contributed by atoms with Crippen LogP contribution in [-0.2, 0) is 0 Å². The summed E-state index contributed by atoms with van der Waals surface area (Å²) in [5.41, 5.74) is -52.2. The Kier molecular flexibility index (Phi) is 15.9. The van der Waals surface area contributed by atoms with E-state index in [1.54, 1.807) is 0 Å². The van der Waals surface area contributed by atoms with E-state index in [0.29, 0.717) is 0 Å². The Balaban J connectivity index is 1.56. The summed E-state index contributed by atoms with van der Waals surface area (Å²) in [6.45, 7) is 0. The molecule has 9 aromatic rings. The van der Waals surface area contributed by atoms with E-state index in [2.05, 4.69) is 9.97 Å². The maximum Gasteiger partial charge on any atom is 0.200 e. The predicted molar refractivity (Wildman–Crippen MR) is 224 cm³/mol. The van der Waals surface area contributed by atoms with Crippen LogP contribution in [0.1, 0.15) is 0 Å². The van der Waals surface area contributed by atoms with Crippen LogP contribution in [0, 0.1) is 209 Å². The molecular formula is C52F36N2. The standard InChI is InChI=1S/C52F36N2/c53-13-1(5-21(61)37(77)45(85)38(78)22(5)62)14(54)30(70)9(29(13)69)49-50(10-31(71)15(55)2(16(56)32(10)72)6-23(63)39(79)46(86)40(80)24(6)64)90-52(12-35(75)19(59)4(20(60)36(12)76)8-27(67)43(83)48(88)44(84)28(8)68)51(89-49)11-33(73)17(57)3(18(58)34(11)74)7-25(65)41(81)47(87)42(82)26(7)66. The monoisotopic (exact) mass is 1340 g/mol. The lowest BCUT2D eigenvalue weighted by atomic mass is 9.92. The zero-order valence-electron chi connectivity index (χ0n) is 40.5. The van der Waals surface area contributed by atoms with Crippen molar-refractivity contribution >= 4 is 0 Å². The van der Waals surface area contributed by atoms with Crippen molar-refractivity contribution in [3.63, 3.8) is 0 Å². The van der Waals surface area contributed by atoms with Crippen molar-refractivity contribution in [2.75, 3.05) is 0 Å². The lowest BCUT2D eigenvalue weighted by molar-refractivity contribution is 0.379. The Labute approximate surface area is 466 Å². The zero-order chi connectivity index (χ0) is 67.4. The Morgan fingerprint density at radius 3 is 0.256 bits per heavy atom. The molecule has 9 rings (SSSR count).